The summed E-state index contributed by atoms with van der Waals surface area (Å²) in [6.45, 7) is 1.40. The second kappa shape index (κ2) is 4.17. The third-order valence-electron chi connectivity index (χ3n) is 2.14. The van der Waals surface area contributed by atoms with Crippen LogP contribution in [0.2, 0.25) is 0 Å². The first-order chi connectivity index (χ1) is 7.58. The molecule has 0 saturated carbocycles. The Hall–Kier alpha value is -1.49. The fourth-order valence-corrected chi connectivity index (χ4v) is 1.71. The second-order valence-corrected chi connectivity index (χ2v) is 4.24. The molecule has 16 heavy (non-hydrogen) atoms. The maximum Gasteiger partial charge on any atom is 0.162 e. The molecule has 2 aromatic rings. The van der Waals surface area contributed by atoms with Crippen LogP contribution in [0.5, 0.6) is 0 Å². The van der Waals surface area contributed by atoms with Crippen molar-refractivity contribution in [2.45, 2.75) is 6.92 Å². The molecule has 0 radical (unpaired) electrons. The van der Waals surface area contributed by atoms with Crippen molar-refractivity contribution in [3.63, 3.8) is 0 Å². The minimum absolute atomic E-state index is 0.193. The van der Waals surface area contributed by atoms with Crippen LogP contribution in [0.4, 0.5) is 4.39 Å². The molecule has 0 saturated heterocycles. The minimum Gasteiger partial charge on any atom is -0.294 e. The van der Waals surface area contributed by atoms with Gasteiger partial charge in [0.05, 0.1) is 16.4 Å². The Labute approximate surface area is 100 Å². The zero-order valence-electron chi connectivity index (χ0n) is 8.45. The van der Waals surface area contributed by atoms with Gasteiger partial charge in [-0.1, -0.05) is 0 Å². The van der Waals surface area contributed by atoms with Crippen molar-refractivity contribution in [1.29, 1.82) is 0 Å². The number of ketones is 1. The van der Waals surface area contributed by atoms with Crippen molar-refractivity contribution >= 4 is 21.7 Å². The average Bonchev–Trinajstić information content (AvgIpc) is 2.64. The Kier molecular flexibility index (Phi) is 2.87. The van der Waals surface area contributed by atoms with Crippen molar-refractivity contribution < 1.29 is 9.18 Å². The first-order valence-electron chi connectivity index (χ1n) is 4.59. The van der Waals surface area contributed by atoms with E-state index in [1.54, 1.807) is 12.4 Å². The van der Waals surface area contributed by atoms with Crippen LogP contribution in [0.25, 0.3) is 5.69 Å². The Morgan fingerprint density at radius 1 is 1.50 bits per heavy atom. The van der Waals surface area contributed by atoms with Crippen LogP contribution in [-0.4, -0.2) is 15.6 Å². The second-order valence-electron chi connectivity index (χ2n) is 3.32. The number of hydrogen-bond acceptors (Lipinski definition) is 2. The molecule has 0 aliphatic heterocycles. The first kappa shape index (κ1) is 11.0. The lowest BCUT2D eigenvalue weighted by Gasteiger charge is -2.06. The van der Waals surface area contributed by atoms with E-state index in [9.17, 15) is 9.18 Å². The number of benzene rings is 1. The van der Waals surface area contributed by atoms with Crippen LogP contribution in [0.3, 0.4) is 0 Å². The molecule has 82 valence electrons. The number of rotatable bonds is 2. The summed E-state index contributed by atoms with van der Waals surface area (Å²) in [5.41, 5.74) is 0.884. The van der Waals surface area contributed by atoms with E-state index in [-0.39, 0.29) is 5.78 Å². The Bertz CT molecular complexity index is 551. The van der Waals surface area contributed by atoms with E-state index in [4.69, 9.17) is 0 Å². The average molecular weight is 283 g/mol. The zero-order chi connectivity index (χ0) is 11.7. The SMILES string of the molecule is CC(=O)c1cc(F)ccc1-n1cc(Br)cn1. The van der Waals surface area contributed by atoms with Crippen LogP contribution in [0.1, 0.15) is 17.3 Å². The highest BCUT2D eigenvalue weighted by Crippen LogP contribution is 2.18. The first-order valence-corrected chi connectivity index (χ1v) is 5.38. The molecule has 1 aromatic heterocycles. The summed E-state index contributed by atoms with van der Waals surface area (Å²) < 4.78 is 15.4. The van der Waals surface area contributed by atoms with Crippen LogP contribution >= 0.6 is 15.9 Å². The highest BCUT2D eigenvalue weighted by Gasteiger charge is 2.11. The van der Waals surface area contributed by atoms with Crippen LogP contribution in [0.15, 0.2) is 35.1 Å². The maximum absolute atomic E-state index is 13.0. The van der Waals surface area contributed by atoms with Crippen molar-refractivity contribution in [1.82, 2.24) is 9.78 Å². The summed E-state index contributed by atoms with van der Waals surface area (Å²) in [5, 5.41) is 4.05. The molecule has 1 heterocycles. The summed E-state index contributed by atoms with van der Waals surface area (Å²) in [5.74, 6) is -0.624. The third kappa shape index (κ3) is 2.04. The van der Waals surface area contributed by atoms with Crippen LogP contribution in [-0.2, 0) is 0 Å². The molecular formula is C11H8BrFN2O. The summed E-state index contributed by atoms with van der Waals surface area (Å²) in [6, 6.07) is 4.05. The van der Waals surface area contributed by atoms with E-state index in [1.807, 2.05) is 0 Å². The number of Topliss-reactive ketones (excluding diaryl/α,β-unsaturated/α-hetero) is 1. The van der Waals surface area contributed by atoms with Gasteiger partial charge in [0, 0.05) is 11.8 Å². The Morgan fingerprint density at radius 2 is 2.25 bits per heavy atom. The van der Waals surface area contributed by atoms with E-state index in [1.165, 1.54) is 29.8 Å². The smallest absolute Gasteiger partial charge is 0.162 e. The van der Waals surface area contributed by atoms with E-state index >= 15 is 0 Å². The highest BCUT2D eigenvalue weighted by atomic mass is 79.9. The molecule has 0 N–H and O–H groups in total. The van der Waals surface area contributed by atoms with Gasteiger partial charge in [0.15, 0.2) is 5.78 Å². The predicted molar refractivity (Wildman–Crippen MR) is 61.2 cm³/mol. The van der Waals surface area contributed by atoms with Crippen molar-refractivity contribution in [2.75, 3.05) is 0 Å². The zero-order valence-corrected chi connectivity index (χ0v) is 10.0. The molecule has 0 aliphatic rings. The summed E-state index contributed by atoms with van der Waals surface area (Å²) >= 11 is 3.26. The van der Waals surface area contributed by atoms with Crippen molar-refractivity contribution in [3.05, 3.63) is 46.4 Å². The monoisotopic (exact) mass is 282 g/mol. The molecule has 0 unspecified atom stereocenters. The summed E-state index contributed by atoms with van der Waals surface area (Å²) in [7, 11) is 0. The third-order valence-corrected chi connectivity index (χ3v) is 2.55. The van der Waals surface area contributed by atoms with Gasteiger partial charge in [-0.05, 0) is 41.1 Å². The van der Waals surface area contributed by atoms with E-state index in [2.05, 4.69) is 21.0 Å². The van der Waals surface area contributed by atoms with Gasteiger partial charge in [0.25, 0.3) is 0 Å². The molecule has 1 aromatic carbocycles. The predicted octanol–water partition coefficient (Wildman–Crippen LogP) is 2.98. The highest BCUT2D eigenvalue weighted by molar-refractivity contribution is 9.10. The summed E-state index contributed by atoms with van der Waals surface area (Å²) in [4.78, 5) is 11.4. The number of nitrogens with zero attached hydrogens (tertiary/aromatic N) is 2. The van der Waals surface area contributed by atoms with Gasteiger partial charge in [-0.3, -0.25) is 4.79 Å². The van der Waals surface area contributed by atoms with Gasteiger partial charge >= 0.3 is 0 Å². The van der Waals surface area contributed by atoms with Crippen molar-refractivity contribution in [2.24, 2.45) is 0 Å². The quantitative estimate of drug-likeness (QED) is 0.794. The van der Waals surface area contributed by atoms with Crippen LogP contribution in [0, 0.1) is 5.82 Å². The van der Waals surface area contributed by atoms with Gasteiger partial charge in [-0.25, -0.2) is 9.07 Å². The minimum atomic E-state index is -0.430. The van der Waals surface area contributed by atoms with Gasteiger partial charge < -0.3 is 0 Å². The molecular weight excluding hydrogens is 275 g/mol. The largest absolute Gasteiger partial charge is 0.294 e. The fraction of sp³-hybridized carbons (Fsp3) is 0.0909. The van der Waals surface area contributed by atoms with E-state index in [0.717, 1.165) is 4.47 Å². The van der Waals surface area contributed by atoms with Crippen LogP contribution < -0.4 is 0 Å². The van der Waals surface area contributed by atoms with E-state index in [0.29, 0.717) is 11.3 Å². The molecule has 0 atom stereocenters. The molecule has 0 spiro atoms. The number of carbonyl (C=O) groups excluding carboxylic acids is 1. The molecule has 0 amide bonds. The molecule has 0 fully saturated rings. The number of aromatic nitrogens is 2. The normalized spacial score (nSPS) is 10.4. The van der Waals surface area contributed by atoms with E-state index < -0.39 is 5.82 Å². The molecule has 3 nitrogen and oxygen atoms in total. The maximum atomic E-state index is 13.0. The molecule has 5 heteroatoms. The molecule has 0 bridgehead atoms. The lowest BCUT2D eigenvalue weighted by Crippen LogP contribution is -2.04. The van der Waals surface area contributed by atoms with Gasteiger partial charge in [0.1, 0.15) is 5.82 Å². The van der Waals surface area contributed by atoms with Crippen molar-refractivity contribution in [3.8, 4) is 5.69 Å². The fourth-order valence-electron chi connectivity index (χ4n) is 1.42. The Morgan fingerprint density at radius 3 is 2.81 bits per heavy atom. The molecule has 2 rings (SSSR count). The number of halogens is 2. The lowest BCUT2D eigenvalue weighted by molar-refractivity contribution is 0.101. The standard InChI is InChI=1S/C11H8BrFN2O/c1-7(16)10-4-9(13)2-3-11(10)15-6-8(12)5-14-15/h2-6H,1H3. The topological polar surface area (TPSA) is 34.9 Å². The number of hydrogen-bond donors (Lipinski definition) is 0. The Balaban J connectivity index is 2.60. The van der Waals surface area contributed by atoms with Gasteiger partial charge in [-0.2, -0.15) is 5.10 Å². The summed E-state index contributed by atoms with van der Waals surface area (Å²) in [6.07, 6.45) is 3.31. The lowest BCUT2D eigenvalue weighted by atomic mass is 10.1. The molecule has 0 aliphatic carbocycles. The number of carbonyl (C=O) groups is 1. The van der Waals surface area contributed by atoms with Gasteiger partial charge in [0.2, 0.25) is 0 Å². The van der Waals surface area contributed by atoms with Gasteiger partial charge in [-0.15, -0.1) is 0 Å².